The quantitative estimate of drug-likeness (QED) is 0.580. The molecule has 0 radical (unpaired) electrons. The maximum atomic E-state index is 12.2. The summed E-state index contributed by atoms with van der Waals surface area (Å²) in [6.45, 7) is 1.88. The lowest BCUT2D eigenvalue weighted by molar-refractivity contribution is 0.101. The Labute approximate surface area is 143 Å². The maximum Gasteiger partial charge on any atom is 0.322 e. The van der Waals surface area contributed by atoms with E-state index < -0.39 is 5.91 Å². The van der Waals surface area contributed by atoms with Crippen LogP contribution in [0.2, 0.25) is 0 Å². The number of nitrogens with one attached hydrogen (secondary N) is 2. The Kier molecular flexibility index (Phi) is 3.67. The molecule has 10 heteroatoms. The van der Waals surface area contributed by atoms with Gasteiger partial charge in [-0.1, -0.05) is 11.2 Å². The highest BCUT2D eigenvalue weighted by molar-refractivity contribution is 7.13. The van der Waals surface area contributed by atoms with Gasteiger partial charge in [0.05, 0.1) is 15.6 Å². The van der Waals surface area contributed by atoms with E-state index in [1.807, 2.05) is 29.8 Å². The number of thiazole rings is 1. The van der Waals surface area contributed by atoms with Crippen LogP contribution in [0, 0.1) is 6.92 Å². The van der Waals surface area contributed by atoms with Gasteiger partial charge in [-0.05, 0) is 24.4 Å². The zero-order chi connectivity index (χ0) is 16.5. The number of carbonyl (C=O) groups is 1. The molecule has 1 amide bonds. The molecular weight excluding hydrogens is 348 g/mol. The number of aromatic amines is 1. The second kappa shape index (κ2) is 5.98. The van der Waals surface area contributed by atoms with Crippen molar-refractivity contribution in [3.63, 3.8) is 0 Å². The number of H-pyrrole nitrogens is 1. The minimum atomic E-state index is -0.432. The van der Waals surface area contributed by atoms with Crippen LogP contribution in [0.4, 0.5) is 6.01 Å². The van der Waals surface area contributed by atoms with Crippen LogP contribution in [0.25, 0.3) is 22.2 Å². The molecule has 4 aromatic heterocycles. The molecule has 0 spiro atoms. The van der Waals surface area contributed by atoms with Crippen molar-refractivity contribution >= 4 is 34.6 Å². The molecule has 24 heavy (non-hydrogen) atoms. The molecule has 0 saturated carbocycles. The Morgan fingerprint density at radius 2 is 2.25 bits per heavy atom. The molecule has 0 saturated heterocycles. The van der Waals surface area contributed by atoms with Crippen molar-refractivity contribution in [1.29, 1.82) is 0 Å². The summed E-state index contributed by atoms with van der Waals surface area (Å²) in [7, 11) is 0. The van der Waals surface area contributed by atoms with Crippen molar-refractivity contribution in [3.05, 3.63) is 39.7 Å². The van der Waals surface area contributed by atoms with E-state index >= 15 is 0 Å². The maximum absolute atomic E-state index is 12.2. The third kappa shape index (κ3) is 2.84. The van der Waals surface area contributed by atoms with E-state index in [9.17, 15) is 4.79 Å². The molecule has 0 aliphatic carbocycles. The van der Waals surface area contributed by atoms with E-state index in [4.69, 9.17) is 4.42 Å². The summed E-state index contributed by atoms with van der Waals surface area (Å²) >= 11 is 3.04. The molecule has 0 unspecified atom stereocenters. The molecule has 4 rings (SSSR count). The van der Waals surface area contributed by atoms with Gasteiger partial charge in [0.2, 0.25) is 0 Å². The number of hydrogen-bond acceptors (Lipinski definition) is 8. The second-order valence-corrected chi connectivity index (χ2v) is 6.77. The Balaban J connectivity index is 1.49. The minimum absolute atomic E-state index is 0.00123. The number of rotatable bonds is 4. The Morgan fingerprint density at radius 3 is 3.00 bits per heavy atom. The van der Waals surface area contributed by atoms with E-state index in [0.717, 1.165) is 15.6 Å². The number of nitrogens with zero attached hydrogens (tertiary/aromatic N) is 4. The lowest BCUT2D eigenvalue weighted by Crippen LogP contribution is -2.12. The number of thiophene rings is 1. The molecule has 0 fully saturated rings. The van der Waals surface area contributed by atoms with Gasteiger partial charge in [-0.25, -0.2) is 4.98 Å². The first-order valence-electron chi connectivity index (χ1n) is 6.86. The lowest BCUT2D eigenvalue weighted by atomic mass is 10.3. The first-order chi connectivity index (χ1) is 11.7. The molecular formula is C14H10N6O2S2. The Hall–Kier alpha value is -2.85. The fourth-order valence-electron chi connectivity index (χ4n) is 2.00. The number of aromatic nitrogens is 5. The summed E-state index contributed by atoms with van der Waals surface area (Å²) in [5.74, 6) is -0.172. The van der Waals surface area contributed by atoms with Gasteiger partial charge >= 0.3 is 6.01 Å². The van der Waals surface area contributed by atoms with Crippen molar-refractivity contribution in [2.24, 2.45) is 0 Å². The van der Waals surface area contributed by atoms with Gasteiger partial charge in [-0.15, -0.1) is 27.8 Å². The molecule has 8 nitrogen and oxygen atoms in total. The fourth-order valence-corrected chi connectivity index (χ4v) is 3.28. The van der Waals surface area contributed by atoms with Crippen molar-refractivity contribution < 1.29 is 9.21 Å². The third-order valence-electron chi connectivity index (χ3n) is 3.08. The van der Waals surface area contributed by atoms with Crippen LogP contribution in [-0.4, -0.2) is 31.3 Å². The van der Waals surface area contributed by atoms with Crippen LogP contribution in [0.15, 0.2) is 33.4 Å². The number of carbonyl (C=O) groups excluding carboxylic acids is 1. The molecule has 4 heterocycles. The van der Waals surface area contributed by atoms with Crippen LogP contribution in [0.3, 0.4) is 0 Å². The summed E-state index contributed by atoms with van der Waals surface area (Å²) < 4.78 is 5.41. The molecule has 4 aromatic rings. The summed E-state index contributed by atoms with van der Waals surface area (Å²) in [5.41, 5.74) is 1.60. The van der Waals surface area contributed by atoms with Gasteiger partial charge in [0.15, 0.2) is 5.69 Å². The minimum Gasteiger partial charge on any atom is -0.401 e. The number of amides is 1. The van der Waals surface area contributed by atoms with Gasteiger partial charge in [-0.2, -0.15) is 5.10 Å². The largest absolute Gasteiger partial charge is 0.401 e. The zero-order valence-corrected chi connectivity index (χ0v) is 13.9. The topological polar surface area (TPSA) is 110 Å². The smallest absolute Gasteiger partial charge is 0.322 e. The molecule has 2 N–H and O–H groups in total. The molecule has 0 aliphatic rings. The molecule has 0 aromatic carbocycles. The normalized spacial score (nSPS) is 10.9. The summed E-state index contributed by atoms with van der Waals surface area (Å²) in [5, 5.41) is 21.7. The van der Waals surface area contributed by atoms with E-state index in [2.05, 4.69) is 30.7 Å². The SMILES string of the molecule is Cc1nc(-c2nnc(NC(=O)c3cc(-c4cccs4)[nH]n3)o2)cs1. The highest BCUT2D eigenvalue weighted by Gasteiger charge is 2.17. The predicted molar refractivity (Wildman–Crippen MR) is 90.0 cm³/mol. The van der Waals surface area contributed by atoms with E-state index in [1.165, 1.54) is 11.3 Å². The first kappa shape index (κ1) is 14.7. The van der Waals surface area contributed by atoms with Crippen LogP contribution >= 0.6 is 22.7 Å². The van der Waals surface area contributed by atoms with Crippen LogP contribution < -0.4 is 5.32 Å². The average molecular weight is 358 g/mol. The summed E-state index contributed by atoms with van der Waals surface area (Å²) in [4.78, 5) is 17.5. The number of hydrogen-bond donors (Lipinski definition) is 2. The van der Waals surface area contributed by atoms with E-state index in [1.54, 1.807) is 17.4 Å². The molecule has 0 bridgehead atoms. The van der Waals surface area contributed by atoms with Gasteiger partial charge in [0, 0.05) is 5.38 Å². The second-order valence-electron chi connectivity index (χ2n) is 4.76. The Bertz CT molecular complexity index is 985. The highest BCUT2D eigenvalue weighted by Crippen LogP contribution is 2.24. The fraction of sp³-hybridized carbons (Fsp3) is 0.0714. The number of aryl methyl sites for hydroxylation is 1. The standard InChI is InChI=1S/C14H10N6O2S2/c1-7-15-10(6-24-7)13-19-20-14(22-13)16-12(21)9-5-8(17-18-9)11-3-2-4-23-11/h2-6H,1H3,(H,17,18)(H,16,20,21). The van der Waals surface area contributed by atoms with Crippen molar-refractivity contribution in [2.75, 3.05) is 5.32 Å². The molecule has 0 aliphatic heterocycles. The summed E-state index contributed by atoms with van der Waals surface area (Å²) in [6.07, 6.45) is 0. The van der Waals surface area contributed by atoms with Crippen LogP contribution in [0.1, 0.15) is 15.5 Å². The van der Waals surface area contributed by atoms with Gasteiger partial charge in [-0.3, -0.25) is 15.2 Å². The first-order valence-corrected chi connectivity index (χ1v) is 8.61. The zero-order valence-electron chi connectivity index (χ0n) is 12.3. The van der Waals surface area contributed by atoms with Crippen molar-refractivity contribution in [3.8, 4) is 22.2 Å². The monoisotopic (exact) mass is 358 g/mol. The lowest BCUT2D eigenvalue weighted by Gasteiger charge is -1.95. The predicted octanol–water partition coefficient (Wildman–Crippen LogP) is 3.21. The van der Waals surface area contributed by atoms with Crippen LogP contribution in [0.5, 0.6) is 0 Å². The third-order valence-corrected chi connectivity index (χ3v) is 4.76. The van der Waals surface area contributed by atoms with Crippen molar-refractivity contribution in [1.82, 2.24) is 25.4 Å². The van der Waals surface area contributed by atoms with Crippen molar-refractivity contribution in [2.45, 2.75) is 6.92 Å². The number of anilines is 1. The average Bonchev–Trinajstić information content (AvgIpc) is 3.34. The molecule has 120 valence electrons. The summed E-state index contributed by atoms with van der Waals surface area (Å²) in [6, 6.07) is 5.55. The Morgan fingerprint density at radius 1 is 1.33 bits per heavy atom. The highest BCUT2D eigenvalue weighted by atomic mass is 32.1. The van der Waals surface area contributed by atoms with E-state index in [-0.39, 0.29) is 17.6 Å². The van der Waals surface area contributed by atoms with Crippen LogP contribution in [-0.2, 0) is 0 Å². The van der Waals surface area contributed by atoms with Gasteiger partial charge in [0.1, 0.15) is 5.69 Å². The van der Waals surface area contributed by atoms with Gasteiger partial charge < -0.3 is 4.42 Å². The molecule has 0 atom stereocenters. The van der Waals surface area contributed by atoms with E-state index in [0.29, 0.717) is 5.69 Å². The van der Waals surface area contributed by atoms with Gasteiger partial charge in [0.25, 0.3) is 11.8 Å².